The Morgan fingerprint density at radius 3 is 2.38 bits per heavy atom. The van der Waals surface area contributed by atoms with Gasteiger partial charge in [0.15, 0.2) is 0 Å². The van der Waals surface area contributed by atoms with E-state index in [1.54, 1.807) is 0 Å². The van der Waals surface area contributed by atoms with Crippen LogP contribution in [0, 0.1) is 20.8 Å². The Labute approximate surface area is 127 Å². The summed E-state index contributed by atoms with van der Waals surface area (Å²) >= 11 is 0. The monoisotopic (exact) mass is 283 g/mol. The van der Waals surface area contributed by atoms with E-state index in [4.69, 9.17) is 0 Å². The van der Waals surface area contributed by atoms with Crippen LogP contribution in [0.4, 0.5) is 0 Å². The van der Waals surface area contributed by atoms with Crippen LogP contribution >= 0.6 is 0 Å². The van der Waals surface area contributed by atoms with Gasteiger partial charge in [-0.3, -0.25) is 0 Å². The molecule has 2 rings (SSSR count). The standard InChI is InChI=1S/C18H25N3/c1-5-8-19-17(18-20-11-13(2)12-21-18)10-16-7-6-14(3)15(4)9-16/h6-7,9,11-12,17,19H,5,8,10H2,1-4H3. The Hall–Kier alpha value is -1.74. The molecule has 112 valence electrons. The molecular weight excluding hydrogens is 258 g/mol. The highest BCUT2D eigenvalue weighted by molar-refractivity contribution is 5.30. The molecule has 0 saturated heterocycles. The molecule has 0 amide bonds. The molecular formula is C18H25N3. The summed E-state index contributed by atoms with van der Waals surface area (Å²) in [4.78, 5) is 8.99. The molecule has 0 radical (unpaired) electrons. The van der Waals surface area contributed by atoms with Crippen LogP contribution in [0.15, 0.2) is 30.6 Å². The SMILES string of the molecule is CCCNC(Cc1ccc(C)c(C)c1)c1ncc(C)cn1. The first kappa shape index (κ1) is 15.6. The Balaban J connectivity index is 2.19. The van der Waals surface area contributed by atoms with Crippen molar-refractivity contribution < 1.29 is 0 Å². The van der Waals surface area contributed by atoms with Gasteiger partial charge in [-0.15, -0.1) is 0 Å². The maximum absolute atomic E-state index is 4.49. The van der Waals surface area contributed by atoms with Gasteiger partial charge in [-0.2, -0.15) is 0 Å². The van der Waals surface area contributed by atoms with Crippen LogP contribution in [0.5, 0.6) is 0 Å². The molecule has 1 aromatic heterocycles. The molecule has 0 saturated carbocycles. The van der Waals surface area contributed by atoms with Gasteiger partial charge < -0.3 is 5.32 Å². The van der Waals surface area contributed by atoms with Gasteiger partial charge in [-0.25, -0.2) is 9.97 Å². The predicted molar refractivity (Wildman–Crippen MR) is 87.4 cm³/mol. The lowest BCUT2D eigenvalue weighted by atomic mass is 10.0. The highest BCUT2D eigenvalue weighted by Crippen LogP contribution is 2.18. The van der Waals surface area contributed by atoms with Crippen molar-refractivity contribution in [2.75, 3.05) is 6.54 Å². The molecule has 1 unspecified atom stereocenters. The second-order valence-electron chi connectivity index (χ2n) is 5.75. The molecule has 1 heterocycles. The van der Waals surface area contributed by atoms with E-state index < -0.39 is 0 Å². The Bertz CT molecular complexity index is 576. The number of benzene rings is 1. The van der Waals surface area contributed by atoms with Crippen molar-refractivity contribution in [2.45, 2.75) is 46.6 Å². The maximum Gasteiger partial charge on any atom is 0.145 e. The van der Waals surface area contributed by atoms with Crippen molar-refractivity contribution in [3.8, 4) is 0 Å². The van der Waals surface area contributed by atoms with Crippen molar-refractivity contribution in [1.82, 2.24) is 15.3 Å². The van der Waals surface area contributed by atoms with E-state index in [-0.39, 0.29) is 6.04 Å². The summed E-state index contributed by atoms with van der Waals surface area (Å²) in [6, 6.07) is 6.84. The minimum atomic E-state index is 0.174. The van der Waals surface area contributed by atoms with Crippen LogP contribution < -0.4 is 5.32 Å². The first-order valence-electron chi connectivity index (χ1n) is 7.68. The minimum Gasteiger partial charge on any atom is -0.307 e. The largest absolute Gasteiger partial charge is 0.307 e. The van der Waals surface area contributed by atoms with Gasteiger partial charge in [-0.05, 0) is 62.4 Å². The minimum absolute atomic E-state index is 0.174. The van der Waals surface area contributed by atoms with Crippen LogP contribution in [0.1, 0.15) is 47.5 Å². The lowest BCUT2D eigenvalue weighted by Crippen LogP contribution is -2.26. The molecule has 0 aliphatic rings. The van der Waals surface area contributed by atoms with E-state index in [9.17, 15) is 0 Å². The number of hydrogen-bond donors (Lipinski definition) is 1. The fourth-order valence-corrected chi connectivity index (χ4v) is 2.32. The molecule has 1 aromatic carbocycles. The number of hydrogen-bond acceptors (Lipinski definition) is 3. The second-order valence-corrected chi connectivity index (χ2v) is 5.75. The molecule has 0 fully saturated rings. The van der Waals surface area contributed by atoms with Crippen LogP contribution in [-0.2, 0) is 6.42 Å². The van der Waals surface area contributed by atoms with Gasteiger partial charge in [0.2, 0.25) is 0 Å². The summed E-state index contributed by atoms with van der Waals surface area (Å²) in [5.74, 6) is 0.882. The third-order valence-electron chi connectivity index (χ3n) is 3.76. The molecule has 0 aliphatic carbocycles. The van der Waals surface area contributed by atoms with Crippen LogP contribution in [-0.4, -0.2) is 16.5 Å². The van der Waals surface area contributed by atoms with Crippen molar-refractivity contribution in [2.24, 2.45) is 0 Å². The third kappa shape index (κ3) is 4.36. The molecule has 0 aliphatic heterocycles. The first-order chi connectivity index (χ1) is 10.1. The summed E-state index contributed by atoms with van der Waals surface area (Å²) in [5.41, 5.74) is 5.10. The van der Waals surface area contributed by atoms with E-state index in [0.717, 1.165) is 30.8 Å². The highest BCUT2D eigenvalue weighted by atomic mass is 15.0. The van der Waals surface area contributed by atoms with Crippen molar-refractivity contribution in [1.29, 1.82) is 0 Å². The van der Waals surface area contributed by atoms with E-state index in [0.29, 0.717) is 0 Å². The fraction of sp³-hybridized carbons (Fsp3) is 0.444. The Morgan fingerprint density at radius 2 is 1.76 bits per heavy atom. The molecule has 1 N–H and O–H groups in total. The maximum atomic E-state index is 4.49. The summed E-state index contributed by atoms with van der Waals surface area (Å²) in [7, 11) is 0. The normalized spacial score (nSPS) is 12.4. The number of aromatic nitrogens is 2. The van der Waals surface area contributed by atoms with Crippen LogP contribution in [0.25, 0.3) is 0 Å². The van der Waals surface area contributed by atoms with Gasteiger partial charge >= 0.3 is 0 Å². The van der Waals surface area contributed by atoms with Crippen molar-refractivity contribution >= 4 is 0 Å². The quantitative estimate of drug-likeness (QED) is 0.878. The molecule has 3 nitrogen and oxygen atoms in total. The summed E-state index contributed by atoms with van der Waals surface area (Å²) in [6.45, 7) is 9.48. The second kappa shape index (κ2) is 7.32. The smallest absolute Gasteiger partial charge is 0.145 e. The van der Waals surface area contributed by atoms with Gasteiger partial charge in [0, 0.05) is 12.4 Å². The predicted octanol–water partition coefficient (Wildman–Crippen LogP) is 3.69. The van der Waals surface area contributed by atoms with Gasteiger partial charge in [0.1, 0.15) is 5.82 Å². The summed E-state index contributed by atoms with van der Waals surface area (Å²) in [5, 5.41) is 3.56. The van der Waals surface area contributed by atoms with E-state index in [1.807, 2.05) is 19.3 Å². The third-order valence-corrected chi connectivity index (χ3v) is 3.76. The van der Waals surface area contributed by atoms with Crippen molar-refractivity contribution in [3.05, 3.63) is 58.7 Å². The van der Waals surface area contributed by atoms with E-state index >= 15 is 0 Å². The molecule has 0 bridgehead atoms. The Morgan fingerprint density at radius 1 is 1.05 bits per heavy atom. The van der Waals surface area contributed by atoms with Gasteiger partial charge in [-0.1, -0.05) is 25.1 Å². The number of nitrogens with zero attached hydrogens (tertiary/aromatic N) is 2. The first-order valence-corrected chi connectivity index (χ1v) is 7.68. The number of nitrogens with one attached hydrogen (secondary N) is 1. The topological polar surface area (TPSA) is 37.8 Å². The van der Waals surface area contributed by atoms with E-state index in [1.165, 1.54) is 16.7 Å². The molecule has 2 aromatic rings. The molecule has 1 atom stereocenters. The average molecular weight is 283 g/mol. The highest BCUT2D eigenvalue weighted by Gasteiger charge is 2.14. The average Bonchev–Trinajstić information content (AvgIpc) is 2.48. The molecule has 21 heavy (non-hydrogen) atoms. The number of rotatable bonds is 6. The Kier molecular flexibility index (Phi) is 5.45. The lowest BCUT2D eigenvalue weighted by Gasteiger charge is -2.18. The number of aryl methyl sites for hydroxylation is 3. The van der Waals surface area contributed by atoms with Crippen molar-refractivity contribution in [3.63, 3.8) is 0 Å². The molecule has 0 spiro atoms. The van der Waals surface area contributed by atoms with Crippen LogP contribution in [0.3, 0.4) is 0 Å². The zero-order chi connectivity index (χ0) is 15.2. The summed E-state index contributed by atoms with van der Waals surface area (Å²) < 4.78 is 0. The zero-order valence-corrected chi connectivity index (χ0v) is 13.5. The lowest BCUT2D eigenvalue weighted by molar-refractivity contribution is 0.504. The van der Waals surface area contributed by atoms with Crippen LogP contribution in [0.2, 0.25) is 0 Å². The molecule has 3 heteroatoms. The van der Waals surface area contributed by atoms with Gasteiger partial charge in [0.25, 0.3) is 0 Å². The fourth-order valence-electron chi connectivity index (χ4n) is 2.32. The zero-order valence-electron chi connectivity index (χ0n) is 13.5. The van der Waals surface area contributed by atoms with Gasteiger partial charge in [0.05, 0.1) is 6.04 Å². The summed E-state index contributed by atoms with van der Waals surface area (Å²) in [6.07, 6.45) is 5.81. The van der Waals surface area contributed by atoms with E-state index in [2.05, 4.69) is 54.3 Å².